The summed E-state index contributed by atoms with van der Waals surface area (Å²) < 4.78 is 12.5. The molecule has 2 nitrogen and oxygen atoms in total. The number of rotatable bonds is 4. The lowest BCUT2D eigenvalue weighted by Gasteiger charge is -2.04. The van der Waals surface area contributed by atoms with E-state index in [-0.39, 0.29) is 0 Å². The highest BCUT2D eigenvalue weighted by atomic mass is 79.9. The highest BCUT2D eigenvalue weighted by Gasteiger charge is 2.04. The van der Waals surface area contributed by atoms with E-state index in [2.05, 4.69) is 15.9 Å². The van der Waals surface area contributed by atoms with Crippen LogP contribution in [0.15, 0.2) is 22.7 Å². The second kappa shape index (κ2) is 5.51. The van der Waals surface area contributed by atoms with Gasteiger partial charge in [-0.3, -0.25) is 4.21 Å². The molecule has 0 fully saturated rings. The van der Waals surface area contributed by atoms with Crippen LogP contribution in [0, 0.1) is 0 Å². The van der Waals surface area contributed by atoms with E-state index in [1.54, 1.807) is 0 Å². The average Bonchev–Trinajstić information content (AvgIpc) is 2.10. The van der Waals surface area contributed by atoms with E-state index in [1.807, 2.05) is 25.1 Å². The van der Waals surface area contributed by atoms with Gasteiger partial charge in [0, 0.05) is 32.5 Å². The number of nitrogen functional groups attached to an aromatic ring is 1. The predicted octanol–water partition coefficient (Wildman–Crippen LogP) is 2.69. The number of hydrogen-bond acceptors (Lipinski definition) is 2. The average molecular weight is 276 g/mol. The summed E-state index contributed by atoms with van der Waals surface area (Å²) in [6.07, 6.45) is 0.958. The van der Waals surface area contributed by atoms with Crippen molar-refractivity contribution in [2.24, 2.45) is 0 Å². The lowest BCUT2D eigenvalue weighted by atomic mass is 10.2. The molecular formula is C10H14BrNOS. The van der Waals surface area contributed by atoms with Crippen LogP contribution in [-0.4, -0.2) is 9.96 Å². The van der Waals surface area contributed by atoms with Crippen LogP contribution in [0.25, 0.3) is 0 Å². The fourth-order valence-electron chi connectivity index (χ4n) is 1.15. The van der Waals surface area contributed by atoms with Crippen LogP contribution in [0.5, 0.6) is 0 Å². The molecular weight excluding hydrogens is 262 g/mol. The second-order valence-electron chi connectivity index (χ2n) is 3.14. The van der Waals surface area contributed by atoms with Crippen LogP contribution in [0.2, 0.25) is 0 Å². The Morgan fingerprint density at radius 3 is 2.79 bits per heavy atom. The molecule has 0 heterocycles. The third-order valence-corrected chi connectivity index (χ3v) is 4.06. The fraction of sp³-hybridized carbons (Fsp3) is 0.400. The zero-order valence-electron chi connectivity index (χ0n) is 8.13. The first-order valence-electron chi connectivity index (χ1n) is 4.52. The minimum Gasteiger partial charge on any atom is -0.399 e. The molecule has 14 heavy (non-hydrogen) atoms. The Kier molecular flexibility index (Phi) is 4.62. The molecule has 0 aliphatic carbocycles. The minimum atomic E-state index is -0.759. The third kappa shape index (κ3) is 3.42. The van der Waals surface area contributed by atoms with Gasteiger partial charge in [0.25, 0.3) is 0 Å². The molecule has 0 amide bonds. The zero-order chi connectivity index (χ0) is 10.6. The van der Waals surface area contributed by atoms with Gasteiger partial charge in [0.15, 0.2) is 0 Å². The van der Waals surface area contributed by atoms with Crippen LogP contribution in [0.3, 0.4) is 0 Å². The molecule has 1 rings (SSSR count). The molecule has 78 valence electrons. The van der Waals surface area contributed by atoms with Gasteiger partial charge in [-0.25, -0.2) is 0 Å². The van der Waals surface area contributed by atoms with E-state index in [9.17, 15) is 4.21 Å². The molecule has 2 N–H and O–H groups in total. The maximum absolute atomic E-state index is 11.5. The largest absolute Gasteiger partial charge is 0.399 e. The maximum Gasteiger partial charge on any atom is 0.0496 e. The Bertz CT molecular complexity index is 341. The Morgan fingerprint density at radius 2 is 2.21 bits per heavy atom. The SMILES string of the molecule is CCCS(=O)Cc1ccc(N)cc1Br. The lowest BCUT2D eigenvalue weighted by Crippen LogP contribution is -2.00. The predicted molar refractivity (Wildman–Crippen MR) is 65.6 cm³/mol. The Balaban J connectivity index is 2.72. The van der Waals surface area contributed by atoms with Crippen LogP contribution in [0.4, 0.5) is 5.69 Å². The van der Waals surface area contributed by atoms with Gasteiger partial charge in [-0.05, 0) is 24.1 Å². The molecule has 1 unspecified atom stereocenters. The molecule has 1 atom stereocenters. The van der Waals surface area contributed by atoms with Gasteiger partial charge >= 0.3 is 0 Å². The quantitative estimate of drug-likeness (QED) is 0.859. The van der Waals surface area contributed by atoms with E-state index in [1.165, 1.54) is 0 Å². The van der Waals surface area contributed by atoms with E-state index in [4.69, 9.17) is 5.73 Å². The first-order valence-corrected chi connectivity index (χ1v) is 6.80. The molecule has 0 spiro atoms. The summed E-state index contributed by atoms with van der Waals surface area (Å²) in [6, 6.07) is 5.61. The molecule has 1 aromatic carbocycles. The lowest BCUT2D eigenvalue weighted by molar-refractivity contribution is 0.681. The fourth-order valence-corrected chi connectivity index (χ4v) is 3.07. The van der Waals surface area contributed by atoms with Crippen molar-refractivity contribution in [3.05, 3.63) is 28.2 Å². The van der Waals surface area contributed by atoms with Crippen molar-refractivity contribution in [1.82, 2.24) is 0 Å². The Labute approximate surface area is 95.5 Å². The van der Waals surface area contributed by atoms with Crippen molar-refractivity contribution in [3.8, 4) is 0 Å². The van der Waals surface area contributed by atoms with Gasteiger partial charge in [-0.2, -0.15) is 0 Å². The number of anilines is 1. The van der Waals surface area contributed by atoms with E-state index < -0.39 is 10.8 Å². The van der Waals surface area contributed by atoms with Crippen LogP contribution >= 0.6 is 15.9 Å². The third-order valence-electron chi connectivity index (χ3n) is 1.83. The molecule has 0 radical (unpaired) electrons. The molecule has 0 aliphatic heterocycles. The number of halogens is 1. The second-order valence-corrected chi connectivity index (χ2v) is 5.57. The molecule has 0 bridgehead atoms. The molecule has 0 saturated carbocycles. The van der Waals surface area contributed by atoms with Crippen molar-refractivity contribution in [2.75, 3.05) is 11.5 Å². The summed E-state index contributed by atoms with van der Waals surface area (Å²) in [4.78, 5) is 0. The zero-order valence-corrected chi connectivity index (χ0v) is 10.5. The molecule has 0 aromatic heterocycles. The normalized spacial score (nSPS) is 12.7. The van der Waals surface area contributed by atoms with Crippen molar-refractivity contribution in [3.63, 3.8) is 0 Å². The summed E-state index contributed by atoms with van der Waals surface area (Å²) >= 11 is 3.41. The maximum atomic E-state index is 11.5. The van der Waals surface area contributed by atoms with Crippen LogP contribution < -0.4 is 5.73 Å². The Morgan fingerprint density at radius 1 is 1.50 bits per heavy atom. The van der Waals surface area contributed by atoms with Crippen LogP contribution in [0.1, 0.15) is 18.9 Å². The minimum absolute atomic E-state index is 0.606. The molecule has 0 aliphatic rings. The van der Waals surface area contributed by atoms with Gasteiger partial charge in [0.1, 0.15) is 0 Å². The monoisotopic (exact) mass is 275 g/mol. The summed E-state index contributed by atoms with van der Waals surface area (Å²) in [5.41, 5.74) is 7.40. The van der Waals surface area contributed by atoms with Crippen molar-refractivity contribution < 1.29 is 4.21 Å². The summed E-state index contributed by atoms with van der Waals surface area (Å²) in [5.74, 6) is 1.37. The van der Waals surface area contributed by atoms with Gasteiger partial charge in [-0.15, -0.1) is 0 Å². The number of benzene rings is 1. The first-order chi connectivity index (χ1) is 6.63. The number of nitrogens with two attached hydrogens (primary N) is 1. The Hall–Kier alpha value is -0.350. The van der Waals surface area contributed by atoms with Gasteiger partial charge in [-0.1, -0.05) is 28.9 Å². The highest BCUT2D eigenvalue weighted by Crippen LogP contribution is 2.21. The van der Waals surface area contributed by atoms with Gasteiger partial charge in [0.05, 0.1) is 0 Å². The molecule has 4 heteroatoms. The summed E-state index contributed by atoms with van der Waals surface area (Å²) in [5, 5.41) is 0. The van der Waals surface area contributed by atoms with Gasteiger partial charge in [0.2, 0.25) is 0 Å². The van der Waals surface area contributed by atoms with Crippen LogP contribution in [-0.2, 0) is 16.6 Å². The first kappa shape index (κ1) is 11.7. The van der Waals surface area contributed by atoms with Crippen molar-refractivity contribution in [1.29, 1.82) is 0 Å². The van der Waals surface area contributed by atoms with Crippen molar-refractivity contribution >= 4 is 32.4 Å². The van der Waals surface area contributed by atoms with E-state index >= 15 is 0 Å². The van der Waals surface area contributed by atoms with Crippen molar-refractivity contribution in [2.45, 2.75) is 19.1 Å². The summed E-state index contributed by atoms with van der Waals surface area (Å²) in [6.45, 7) is 2.04. The smallest absolute Gasteiger partial charge is 0.0496 e. The van der Waals surface area contributed by atoms with E-state index in [0.29, 0.717) is 5.75 Å². The highest BCUT2D eigenvalue weighted by molar-refractivity contribution is 9.10. The molecule has 1 aromatic rings. The number of hydrogen-bond donors (Lipinski definition) is 1. The molecule has 0 saturated heterocycles. The topological polar surface area (TPSA) is 43.1 Å². The van der Waals surface area contributed by atoms with Gasteiger partial charge < -0.3 is 5.73 Å². The summed E-state index contributed by atoms with van der Waals surface area (Å²) in [7, 11) is -0.759. The van der Waals surface area contributed by atoms with E-state index in [0.717, 1.165) is 27.9 Å². The standard InChI is InChI=1S/C10H14BrNOS/c1-2-5-14(13)7-8-3-4-9(12)6-10(8)11/h3-4,6H,2,5,7,12H2,1H3.